The van der Waals surface area contributed by atoms with E-state index in [9.17, 15) is 19.8 Å². The SMILES string of the molecule is CC(=O)N[C@H]1/C=C(C)/C=C/[C@H](O)C/C=C(C)/C=C/[C@@H](O)C/C=C(\C)C(=O)[C@@H]1C. The summed E-state index contributed by atoms with van der Waals surface area (Å²) in [6.45, 7) is 8.70. The van der Waals surface area contributed by atoms with Crippen LogP contribution in [0.1, 0.15) is 47.5 Å². The second kappa shape index (κ2) is 11.6. The third-order valence-corrected chi connectivity index (χ3v) is 4.66. The molecule has 28 heavy (non-hydrogen) atoms. The fourth-order valence-corrected chi connectivity index (χ4v) is 2.86. The zero-order valence-corrected chi connectivity index (χ0v) is 17.5. The molecule has 5 nitrogen and oxygen atoms in total. The summed E-state index contributed by atoms with van der Waals surface area (Å²) in [5.41, 5.74) is 2.35. The zero-order valence-electron chi connectivity index (χ0n) is 17.5. The molecule has 0 saturated heterocycles. The van der Waals surface area contributed by atoms with Gasteiger partial charge in [-0.1, -0.05) is 60.6 Å². The van der Waals surface area contributed by atoms with Crippen molar-refractivity contribution in [1.29, 1.82) is 0 Å². The Balaban J connectivity index is 3.26. The van der Waals surface area contributed by atoms with Gasteiger partial charge >= 0.3 is 0 Å². The molecule has 0 unspecified atom stereocenters. The van der Waals surface area contributed by atoms with Crippen LogP contribution >= 0.6 is 0 Å². The summed E-state index contributed by atoms with van der Waals surface area (Å²) in [4.78, 5) is 24.4. The maximum atomic E-state index is 12.8. The summed E-state index contributed by atoms with van der Waals surface area (Å²) >= 11 is 0. The van der Waals surface area contributed by atoms with E-state index in [2.05, 4.69) is 5.32 Å². The van der Waals surface area contributed by atoms with E-state index in [0.29, 0.717) is 18.4 Å². The minimum Gasteiger partial charge on any atom is -0.389 e. The number of hydrogen-bond donors (Lipinski definition) is 3. The Hall–Kier alpha value is -2.24. The minimum absolute atomic E-state index is 0.0802. The lowest BCUT2D eigenvalue weighted by molar-refractivity contribution is -0.121. The van der Waals surface area contributed by atoms with E-state index in [-0.39, 0.29) is 11.7 Å². The first-order chi connectivity index (χ1) is 13.1. The first-order valence-electron chi connectivity index (χ1n) is 9.66. The van der Waals surface area contributed by atoms with E-state index in [1.807, 2.05) is 32.1 Å². The van der Waals surface area contributed by atoms with Crippen LogP contribution in [-0.2, 0) is 9.59 Å². The van der Waals surface area contributed by atoms with Gasteiger partial charge in [-0.25, -0.2) is 0 Å². The molecule has 0 aromatic heterocycles. The predicted octanol–water partition coefficient (Wildman–Crippen LogP) is 3.16. The lowest BCUT2D eigenvalue weighted by Crippen LogP contribution is -2.40. The van der Waals surface area contributed by atoms with E-state index >= 15 is 0 Å². The number of Topliss-reactive ketones (excluding diaryl/α,β-unsaturated/α-hetero) is 1. The van der Waals surface area contributed by atoms with Crippen molar-refractivity contribution < 1.29 is 19.8 Å². The lowest BCUT2D eigenvalue weighted by Gasteiger charge is -2.22. The monoisotopic (exact) mass is 387 g/mol. The highest BCUT2D eigenvalue weighted by atomic mass is 16.3. The second-order valence-electron chi connectivity index (χ2n) is 7.45. The molecule has 1 aliphatic carbocycles. The highest BCUT2D eigenvalue weighted by Gasteiger charge is 2.24. The minimum atomic E-state index is -0.699. The van der Waals surface area contributed by atoms with Gasteiger partial charge in [0, 0.05) is 12.8 Å². The Bertz CT molecular complexity index is 712. The average Bonchev–Trinajstić information content (AvgIpc) is 2.64. The van der Waals surface area contributed by atoms with Crippen LogP contribution in [0.3, 0.4) is 0 Å². The van der Waals surface area contributed by atoms with E-state index in [1.165, 1.54) is 6.92 Å². The number of amides is 1. The predicted molar refractivity (Wildman–Crippen MR) is 113 cm³/mol. The smallest absolute Gasteiger partial charge is 0.217 e. The molecule has 3 N–H and O–H groups in total. The van der Waals surface area contributed by atoms with Crippen molar-refractivity contribution in [2.24, 2.45) is 5.92 Å². The number of carbonyl (C=O) groups is 2. The molecule has 0 fully saturated rings. The summed E-state index contributed by atoms with van der Waals surface area (Å²) in [5.74, 6) is -0.754. The second-order valence-corrected chi connectivity index (χ2v) is 7.45. The van der Waals surface area contributed by atoms with Gasteiger partial charge < -0.3 is 15.5 Å². The van der Waals surface area contributed by atoms with E-state index in [4.69, 9.17) is 0 Å². The summed E-state index contributed by atoms with van der Waals surface area (Å²) < 4.78 is 0. The summed E-state index contributed by atoms with van der Waals surface area (Å²) in [5, 5.41) is 23.1. The van der Waals surface area contributed by atoms with Crippen molar-refractivity contribution in [3.8, 4) is 0 Å². The summed E-state index contributed by atoms with van der Waals surface area (Å²) in [6.07, 6.45) is 11.9. The van der Waals surface area contributed by atoms with Gasteiger partial charge in [0.15, 0.2) is 5.78 Å². The zero-order chi connectivity index (χ0) is 21.3. The Morgan fingerprint density at radius 3 is 2.11 bits per heavy atom. The quantitative estimate of drug-likeness (QED) is 0.645. The van der Waals surface area contributed by atoms with Crippen LogP contribution in [0.15, 0.2) is 59.3 Å². The largest absolute Gasteiger partial charge is 0.389 e. The first kappa shape index (κ1) is 23.8. The van der Waals surface area contributed by atoms with E-state index in [0.717, 1.165) is 11.1 Å². The Morgan fingerprint density at radius 2 is 1.54 bits per heavy atom. The third kappa shape index (κ3) is 8.63. The van der Waals surface area contributed by atoms with Crippen LogP contribution in [0, 0.1) is 5.92 Å². The number of aliphatic hydroxyl groups excluding tert-OH is 2. The maximum Gasteiger partial charge on any atom is 0.217 e. The van der Waals surface area contributed by atoms with Gasteiger partial charge in [-0.05, 0) is 39.2 Å². The molecule has 0 radical (unpaired) electrons. The van der Waals surface area contributed by atoms with Crippen LogP contribution in [0.25, 0.3) is 0 Å². The molecule has 0 bridgehead atoms. The Labute approximate surface area is 168 Å². The molecule has 0 spiro atoms. The van der Waals surface area contributed by atoms with Gasteiger partial charge in [-0.15, -0.1) is 0 Å². The summed E-state index contributed by atoms with van der Waals surface area (Å²) in [6, 6.07) is -0.460. The number of aliphatic hydroxyl groups is 2. The third-order valence-electron chi connectivity index (χ3n) is 4.66. The first-order valence-corrected chi connectivity index (χ1v) is 9.66. The molecular formula is C23H33NO4. The van der Waals surface area contributed by atoms with Crippen molar-refractivity contribution >= 4 is 11.7 Å². The van der Waals surface area contributed by atoms with Crippen molar-refractivity contribution in [1.82, 2.24) is 5.32 Å². The normalized spacial score (nSPS) is 36.0. The molecule has 0 aliphatic heterocycles. The van der Waals surface area contributed by atoms with Crippen molar-refractivity contribution in [3.63, 3.8) is 0 Å². The molecule has 0 aromatic rings. The fraction of sp³-hybridized carbons (Fsp3) is 0.478. The van der Waals surface area contributed by atoms with E-state index in [1.54, 1.807) is 38.2 Å². The highest BCUT2D eigenvalue weighted by molar-refractivity contribution is 5.97. The topological polar surface area (TPSA) is 86.6 Å². The lowest BCUT2D eigenvalue weighted by atomic mass is 9.90. The number of ketones is 1. The van der Waals surface area contributed by atoms with Gasteiger partial charge in [-0.2, -0.15) is 0 Å². The van der Waals surface area contributed by atoms with Gasteiger partial charge in [0.05, 0.1) is 18.2 Å². The molecular weight excluding hydrogens is 354 g/mol. The van der Waals surface area contributed by atoms with Crippen molar-refractivity contribution in [2.75, 3.05) is 0 Å². The number of carbonyl (C=O) groups excluding carboxylic acids is 2. The van der Waals surface area contributed by atoms with Gasteiger partial charge in [0.25, 0.3) is 0 Å². The maximum absolute atomic E-state index is 12.8. The van der Waals surface area contributed by atoms with E-state index < -0.39 is 24.2 Å². The average molecular weight is 388 g/mol. The van der Waals surface area contributed by atoms with Gasteiger partial charge in [-0.3, -0.25) is 9.59 Å². The number of allylic oxidation sites excluding steroid dienone is 5. The van der Waals surface area contributed by atoms with Gasteiger partial charge in [0.1, 0.15) is 0 Å². The number of rotatable bonds is 1. The molecule has 0 aromatic carbocycles. The molecule has 154 valence electrons. The van der Waals surface area contributed by atoms with Crippen molar-refractivity contribution in [2.45, 2.75) is 65.7 Å². The highest BCUT2D eigenvalue weighted by Crippen LogP contribution is 2.16. The molecule has 4 atom stereocenters. The van der Waals surface area contributed by atoms with Crippen LogP contribution in [0.2, 0.25) is 0 Å². The van der Waals surface area contributed by atoms with Gasteiger partial charge in [0.2, 0.25) is 5.91 Å². The van der Waals surface area contributed by atoms with Crippen LogP contribution in [0.4, 0.5) is 0 Å². The molecule has 0 heterocycles. The van der Waals surface area contributed by atoms with Crippen LogP contribution in [0.5, 0.6) is 0 Å². The molecule has 1 rings (SSSR count). The van der Waals surface area contributed by atoms with Crippen LogP contribution < -0.4 is 5.32 Å². The molecule has 1 amide bonds. The van der Waals surface area contributed by atoms with Crippen molar-refractivity contribution in [3.05, 3.63) is 59.3 Å². The summed E-state index contributed by atoms with van der Waals surface area (Å²) in [7, 11) is 0. The Kier molecular flexibility index (Phi) is 9.83. The van der Waals surface area contributed by atoms with Crippen LogP contribution in [-0.4, -0.2) is 40.2 Å². The standard InChI is InChI=1S/C23H33NO4/c1-15-6-10-20(26)12-8-16(2)14-22(24-19(5)25)18(4)23(28)17(3)9-13-21(27)11-7-15/h6-9,11-12,14,18,20-22,26-27H,10,13H2,1-5H3,(H,24,25)/b11-7+,12-8+,15-6+,16-14+,17-9+/t18-,20-,21-,22+/m1/s1. The molecule has 1 aliphatic rings. The number of hydrogen-bond acceptors (Lipinski definition) is 4. The molecule has 5 heteroatoms. The fourth-order valence-electron chi connectivity index (χ4n) is 2.86. The molecule has 0 saturated carbocycles. The Morgan fingerprint density at radius 1 is 1.00 bits per heavy atom. The number of nitrogens with one attached hydrogen (secondary N) is 1.